The van der Waals surface area contributed by atoms with Gasteiger partial charge in [0.1, 0.15) is 11.5 Å². The molecule has 0 atom stereocenters. The zero-order valence-electron chi connectivity index (χ0n) is 9.22. The lowest BCUT2D eigenvalue weighted by atomic mass is 10.2. The van der Waals surface area contributed by atoms with Gasteiger partial charge in [-0.25, -0.2) is 0 Å². The number of phenolic OH excluding ortho intramolecular Hbond substituents is 2. The number of amides is 1. The van der Waals surface area contributed by atoms with Crippen molar-refractivity contribution in [2.24, 2.45) is 0 Å². The summed E-state index contributed by atoms with van der Waals surface area (Å²) in [6.45, 7) is 0. The summed E-state index contributed by atoms with van der Waals surface area (Å²) in [7, 11) is 0. The molecule has 0 saturated carbocycles. The second-order valence-corrected chi connectivity index (χ2v) is 4.95. The minimum atomic E-state index is -0.386. The Morgan fingerprint density at radius 2 is 1.72 bits per heavy atom. The Bertz CT molecular complexity index is 578. The lowest BCUT2D eigenvalue weighted by Gasteiger charge is -2.06. The summed E-state index contributed by atoms with van der Waals surface area (Å²) >= 11 is 2.15. The van der Waals surface area contributed by atoms with E-state index in [1.54, 1.807) is 6.07 Å². The molecule has 1 amide bonds. The van der Waals surface area contributed by atoms with Crippen molar-refractivity contribution < 1.29 is 15.0 Å². The average Bonchev–Trinajstić information content (AvgIpc) is 2.27. The van der Waals surface area contributed by atoms with Crippen LogP contribution in [-0.2, 0) is 0 Å². The Labute approximate surface area is 117 Å². The van der Waals surface area contributed by atoms with Crippen LogP contribution in [0.25, 0.3) is 0 Å². The zero-order valence-corrected chi connectivity index (χ0v) is 11.4. The van der Waals surface area contributed by atoms with Crippen LogP contribution >= 0.6 is 22.6 Å². The number of anilines is 1. The van der Waals surface area contributed by atoms with Gasteiger partial charge in [0.15, 0.2) is 0 Å². The quantitative estimate of drug-likeness (QED) is 0.726. The molecule has 18 heavy (non-hydrogen) atoms. The summed E-state index contributed by atoms with van der Waals surface area (Å²) in [5.74, 6) is -0.686. The lowest BCUT2D eigenvalue weighted by molar-refractivity contribution is 0.102. The van der Waals surface area contributed by atoms with E-state index in [0.29, 0.717) is 5.69 Å². The summed E-state index contributed by atoms with van der Waals surface area (Å²) in [5.41, 5.74) is 0.862. The van der Waals surface area contributed by atoms with Crippen LogP contribution in [0.1, 0.15) is 10.4 Å². The van der Waals surface area contributed by atoms with Gasteiger partial charge >= 0.3 is 0 Å². The second-order valence-electron chi connectivity index (χ2n) is 3.70. The van der Waals surface area contributed by atoms with Crippen molar-refractivity contribution in [2.75, 3.05) is 5.32 Å². The van der Waals surface area contributed by atoms with Crippen molar-refractivity contribution in [2.45, 2.75) is 0 Å². The number of carbonyl (C=O) groups is 1. The minimum absolute atomic E-state index is 0.150. The smallest absolute Gasteiger partial charge is 0.255 e. The molecule has 3 N–H and O–H groups in total. The maximum absolute atomic E-state index is 11.9. The van der Waals surface area contributed by atoms with E-state index < -0.39 is 0 Å². The first kappa shape index (κ1) is 12.7. The molecule has 0 fully saturated rings. The average molecular weight is 355 g/mol. The van der Waals surface area contributed by atoms with Gasteiger partial charge in [-0.1, -0.05) is 6.07 Å². The number of halogens is 1. The Morgan fingerprint density at radius 1 is 1.06 bits per heavy atom. The number of carbonyl (C=O) groups excluding carboxylic acids is 1. The molecule has 5 heteroatoms. The van der Waals surface area contributed by atoms with Crippen LogP contribution < -0.4 is 5.32 Å². The van der Waals surface area contributed by atoms with E-state index in [-0.39, 0.29) is 23.0 Å². The van der Waals surface area contributed by atoms with E-state index in [4.69, 9.17) is 0 Å². The van der Waals surface area contributed by atoms with Gasteiger partial charge in [-0.3, -0.25) is 4.79 Å². The van der Waals surface area contributed by atoms with Gasteiger partial charge in [0.25, 0.3) is 5.91 Å². The summed E-state index contributed by atoms with van der Waals surface area (Å²) in [5, 5.41) is 21.3. The van der Waals surface area contributed by atoms with Crippen molar-refractivity contribution in [1.29, 1.82) is 0 Å². The number of rotatable bonds is 2. The van der Waals surface area contributed by atoms with Crippen LogP contribution in [-0.4, -0.2) is 16.1 Å². The number of aromatic hydroxyl groups is 2. The van der Waals surface area contributed by atoms with E-state index in [1.807, 2.05) is 18.2 Å². The van der Waals surface area contributed by atoms with E-state index >= 15 is 0 Å². The highest BCUT2D eigenvalue weighted by Gasteiger charge is 2.08. The SMILES string of the molecule is O=C(Nc1cccc(I)c1)c1cc(O)cc(O)c1. The van der Waals surface area contributed by atoms with Gasteiger partial charge in [-0.05, 0) is 52.9 Å². The first-order chi connectivity index (χ1) is 8.54. The molecule has 2 aromatic rings. The van der Waals surface area contributed by atoms with Crippen LogP contribution in [0.4, 0.5) is 5.69 Å². The fourth-order valence-electron chi connectivity index (χ4n) is 1.50. The van der Waals surface area contributed by atoms with E-state index in [0.717, 1.165) is 3.57 Å². The first-order valence-electron chi connectivity index (χ1n) is 5.14. The van der Waals surface area contributed by atoms with E-state index in [1.165, 1.54) is 18.2 Å². The highest BCUT2D eigenvalue weighted by Crippen LogP contribution is 2.21. The molecule has 0 radical (unpaired) electrons. The number of nitrogens with one attached hydrogen (secondary N) is 1. The largest absolute Gasteiger partial charge is 0.508 e. The van der Waals surface area contributed by atoms with Crippen molar-refractivity contribution in [1.82, 2.24) is 0 Å². The third-order valence-corrected chi connectivity index (χ3v) is 2.92. The van der Waals surface area contributed by atoms with E-state index in [2.05, 4.69) is 27.9 Å². The molecular formula is C13H10INO3. The van der Waals surface area contributed by atoms with Crippen molar-refractivity contribution in [3.63, 3.8) is 0 Å². The molecule has 0 saturated heterocycles. The van der Waals surface area contributed by atoms with Gasteiger partial charge in [0.05, 0.1) is 0 Å². The van der Waals surface area contributed by atoms with Crippen molar-refractivity contribution in [3.05, 3.63) is 51.6 Å². The van der Waals surface area contributed by atoms with Crippen LogP contribution in [0.5, 0.6) is 11.5 Å². The van der Waals surface area contributed by atoms with E-state index in [9.17, 15) is 15.0 Å². The second kappa shape index (κ2) is 5.26. The van der Waals surface area contributed by atoms with Crippen molar-refractivity contribution in [3.8, 4) is 11.5 Å². The molecule has 2 rings (SSSR count). The Morgan fingerprint density at radius 3 is 2.33 bits per heavy atom. The minimum Gasteiger partial charge on any atom is -0.508 e. The Balaban J connectivity index is 2.22. The van der Waals surface area contributed by atoms with Crippen LogP contribution in [0, 0.1) is 3.57 Å². The maximum atomic E-state index is 11.9. The Kier molecular flexibility index (Phi) is 3.71. The molecule has 0 spiro atoms. The topological polar surface area (TPSA) is 69.6 Å². The molecular weight excluding hydrogens is 345 g/mol. The number of hydrogen-bond donors (Lipinski definition) is 3. The third-order valence-electron chi connectivity index (χ3n) is 2.25. The number of hydrogen-bond acceptors (Lipinski definition) is 3. The van der Waals surface area contributed by atoms with Gasteiger partial charge in [-0.15, -0.1) is 0 Å². The van der Waals surface area contributed by atoms with Crippen LogP contribution in [0.3, 0.4) is 0 Å². The summed E-state index contributed by atoms with van der Waals surface area (Å²) in [6, 6.07) is 11.1. The lowest BCUT2D eigenvalue weighted by Crippen LogP contribution is -2.11. The van der Waals surface area contributed by atoms with Gasteiger partial charge in [0.2, 0.25) is 0 Å². The fraction of sp³-hybridized carbons (Fsp3) is 0. The van der Waals surface area contributed by atoms with Gasteiger partial charge < -0.3 is 15.5 Å². The number of phenols is 2. The Hall–Kier alpha value is -1.76. The predicted octanol–water partition coefficient (Wildman–Crippen LogP) is 2.95. The molecule has 0 bridgehead atoms. The normalized spacial score (nSPS) is 10.1. The first-order valence-corrected chi connectivity index (χ1v) is 6.22. The van der Waals surface area contributed by atoms with Crippen molar-refractivity contribution >= 4 is 34.2 Å². The molecule has 2 aromatic carbocycles. The molecule has 4 nitrogen and oxygen atoms in total. The fourth-order valence-corrected chi connectivity index (χ4v) is 2.04. The molecule has 0 aliphatic carbocycles. The predicted molar refractivity (Wildman–Crippen MR) is 76.9 cm³/mol. The highest BCUT2D eigenvalue weighted by atomic mass is 127. The summed E-state index contributed by atoms with van der Waals surface area (Å²) in [6.07, 6.45) is 0. The van der Waals surface area contributed by atoms with Crippen LogP contribution in [0.15, 0.2) is 42.5 Å². The zero-order chi connectivity index (χ0) is 13.1. The summed E-state index contributed by atoms with van der Waals surface area (Å²) in [4.78, 5) is 11.9. The highest BCUT2D eigenvalue weighted by molar-refractivity contribution is 14.1. The van der Waals surface area contributed by atoms with Crippen LogP contribution in [0.2, 0.25) is 0 Å². The third kappa shape index (κ3) is 3.13. The standard InChI is InChI=1S/C13H10INO3/c14-9-2-1-3-10(6-9)15-13(18)8-4-11(16)7-12(17)5-8/h1-7,16-17H,(H,15,18). The molecule has 0 unspecified atom stereocenters. The molecule has 0 heterocycles. The monoisotopic (exact) mass is 355 g/mol. The number of benzene rings is 2. The van der Waals surface area contributed by atoms with Gasteiger partial charge in [-0.2, -0.15) is 0 Å². The van der Waals surface area contributed by atoms with Gasteiger partial charge in [0, 0.05) is 20.9 Å². The molecule has 0 aliphatic heterocycles. The molecule has 92 valence electrons. The maximum Gasteiger partial charge on any atom is 0.255 e. The summed E-state index contributed by atoms with van der Waals surface area (Å²) < 4.78 is 1.00. The molecule has 0 aromatic heterocycles. The molecule has 0 aliphatic rings.